The van der Waals surface area contributed by atoms with E-state index < -0.39 is 0 Å². The summed E-state index contributed by atoms with van der Waals surface area (Å²) in [5.74, 6) is 0.649. The third-order valence-corrected chi connectivity index (χ3v) is 4.16. The van der Waals surface area contributed by atoms with Crippen LogP contribution in [0, 0.1) is 5.92 Å². The third-order valence-electron chi connectivity index (χ3n) is 4.16. The van der Waals surface area contributed by atoms with Crippen LogP contribution in [0.3, 0.4) is 0 Å². The molecule has 2 nitrogen and oxygen atoms in total. The van der Waals surface area contributed by atoms with Gasteiger partial charge < -0.3 is 10.2 Å². The maximum Gasteiger partial charge on any atom is 0.0437 e. The van der Waals surface area contributed by atoms with Crippen LogP contribution in [0.1, 0.15) is 46.6 Å². The molecule has 112 valence electrons. The molecule has 2 heteroatoms. The van der Waals surface area contributed by atoms with Gasteiger partial charge in [-0.2, -0.15) is 0 Å². The van der Waals surface area contributed by atoms with E-state index in [1.165, 1.54) is 30.6 Å². The topological polar surface area (TPSA) is 15.3 Å². The predicted octanol–water partition coefficient (Wildman–Crippen LogP) is 3.85. The van der Waals surface area contributed by atoms with Crippen molar-refractivity contribution in [3.05, 3.63) is 29.8 Å². The second kappa shape index (κ2) is 6.17. The molecular formula is C18H30N2. The summed E-state index contributed by atoms with van der Waals surface area (Å²) in [6.07, 6.45) is 2.50. The van der Waals surface area contributed by atoms with E-state index in [4.69, 9.17) is 0 Å². The van der Waals surface area contributed by atoms with Crippen molar-refractivity contribution in [3.8, 4) is 0 Å². The summed E-state index contributed by atoms with van der Waals surface area (Å²) >= 11 is 0. The summed E-state index contributed by atoms with van der Waals surface area (Å²) in [6, 6.07) is 9.48. The Hall–Kier alpha value is -1.02. The summed E-state index contributed by atoms with van der Waals surface area (Å²) in [5, 5.41) is 3.69. The Morgan fingerprint density at radius 1 is 1.20 bits per heavy atom. The molecule has 1 heterocycles. The number of aryl methyl sites for hydroxylation is 1. The van der Waals surface area contributed by atoms with E-state index in [1.54, 1.807) is 0 Å². The first kappa shape index (κ1) is 15.4. The Morgan fingerprint density at radius 2 is 1.90 bits per heavy atom. The highest BCUT2D eigenvalue weighted by Crippen LogP contribution is 2.30. The second-order valence-corrected chi connectivity index (χ2v) is 7.37. The largest absolute Gasteiger partial charge is 0.367 e. The lowest BCUT2D eigenvalue weighted by Gasteiger charge is -2.41. The van der Waals surface area contributed by atoms with E-state index >= 15 is 0 Å². The molecule has 0 bridgehead atoms. The first-order valence-electron chi connectivity index (χ1n) is 7.98. The van der Waals surface area contributed by atoms with E-state index in [2.05, 4.69) is 69.1 Å². The lowest BCUT2D eigenvalue weighted by atomic mass is 9.94. The Morgan fingerprint density at radius 3 is 2.55 bits per heavy atom. The molecule has 2 rings (SSSR count). The van der Waals surface area contributed by atoms with Crippen LogP contribution in [0.2, 0.25) is 0 Å². The van der Waals surface area contributed by atoms with E-state index in [1.807, 2.05) is 0 Å². The van der Waals surface area contributed by atoms with Crippen LogP contribution in [-0.4, -0.2) is 24.7 Å². The molecule has 1 N–H and O–H groups in total. The van der Waals surface area contributed by atoms with Gasteiger partial charge >= 0.3 is 0 Å². The van der Waals surface area contributed by atoms with Gasteiger partial charge in [-0.15, -0.1) is 0 Å². The van der Waals surface area contributed by atoms with Crippen LogP contribution < -0.4 is 10.2 Å². The van der Waals surface area contributed by atoms with Crippen molar-refractivity contribution in [2.45, 2.75) is 59.0 Å². The van der Waals surface area contributed by atoms with Crippen LogP contribution in [-0.2, 0) is 6.42 Å². The summed E-state index contributed by atoms with van der Waals surface area (Å²) < 4.78 is 0. The summed E-state index contributed by atoms with van der Waals surface area (Å²) in [6.45, 7) is 13.7. The molecule has 1 unspecified atom stereocenters. The van der Waals surface area contributed by atoms with Gasteiger partial charge in [-0.25, -0.2) is 0 Å². The quantitative estimate of drug-likeness (QED) is 0.897. The van der Waals surface area contributed by atoms with Gasteiger partial charge in [0.05, 0.1) is 0 Å². The highest BCUT2D eigenvalue weighted by molar-refractivity contribution is 5.56. The minimum atomic E-state index is 0.183. The van der Waals surface area contributed by atoms with Crippen molar-refractivity contribution in [1.82, 2.24) is 5.32 Å². The zero-order valence-electron chi connectivity index (χ0n) is 13.7. The second-order valence-electron chi connectivity index (χ2n) is 7.37. The molecule has 1 aliphatic heterocycles. The van der Waals surface area contributed by atoms with Crippen LogP contribution in [0.25, 0.3) is 0 Å². The van der Waals surface area contributed by atoms with E-state index in [-0.39, 0.29) is 5.54 Å². The van der Waals surface area contributed by atoms with Crippen molar-refractivity contribution in [2.75, 3.05) is 18.0 Å². The van der Waals surface area contributed by atoms with Crippen molar-refractivity contribution in [2.24, 2.45) is 5.92 Å². The fourth-order valence-electron chi connectivity index (χ4n) is 3.02. The molecular weight excluding hydrogens is 244 g/mol. The number of nitrogens with zero attached hydrogens (tertiary/aromatic N) is 1. The molecule has 0 radical (unpaired) electrons. The number of nitrogens with one attached hydrogen (secondary N) is 1. The summed E-state index contributed by atoms with van der Waals surface area (Å²) in [4.78, 5) is 2.63. The van der Waals surface area contributed by atoms with Crippen molar-refractivity contribution in [3.63, 3.8) is 0 Å². The van der Waals surface area contributed by atoms with Crippen molar-refractivity contribution >= 4 is 5.69 Å². The van der Waals surface area contributed by atoms with E-state index in [0.29, 0.717) is 12.0 Å². The molecule has 1 atom stereocenters. The number of fused-ring (bicyclic) bond motifs is 1. The fourth-order valence-corrected chi connectivity index (χ4v) is 3.02. The van der Waals surface area contributed by atoms with Crippen molar-refractivity contribution < 1.29 is 0 Å². The Labute approximate surface area is 124 Å². The first-order chi connectivity index (χ1) is 9.38. The SMILES string of the molecule is CC(C)C(CNC(C)(C)C)N1CCCc2ccccc21. The van der Waals surface area contributed by atoms with Crippen LogP contribution >= 0.6 is 0 Å². The number of rotatable bonds is 4. The minimum absolute atomic E-state index is 0.183. The molecule has 0 aromatic heterocycles. The molecule has 0 amide bonds. The Balaban J connectivity index is 2.18. The standard InChI is InChI=1S/C18H30N2/c1-14(2)17(13-19-18(3,4)5)20-12-8-10-15-9-6-7-11-16(15)20/h6-7,9,11,14,17,19H,8,10,12-13H2,1-5H3. The van der Waals surface area contributed by atoms with Gasteiger partial charge in [0.1, 0.15) is 0 Å². The first-order valence-corrected chi connectivity index (χ1v) is 7.98. The molecule has 0 saturated carbocycles. The maximum atomic E-state index is 3.69. The Bertz CT molecular complexity index is 431. The molecule has 0 spiro atoms. The molecule has 1 aromatic carbocycles. The predicted molar refractivity (Wildman–Crippen MR) is 88.5 cm³/mol. The average Bonchev–Trinajstić information content (AvgIpc) is 2.37. The average molecular weight is 274 g/mol. The van der Waals surface area contributed by atoms with Gasteiger partial charge in [0.25, 0.3) is 0 Å². The minimum Gasteiger partial charge on any atom is -0.367 e. The fraction of sp³-hybridized carbons (Fsp3) is 0.667. The van der Waals surface area contributed by atoms with Crippen LogP contribution in [0.5, 0.6) is 0 Å². The molecule has 1 aliphatic rings. The maximum absolute atomic E-state index is 3.69. The summed E-state index contributed by atoms with van der Waals surface area (Å²) in [5.41, 5.74) is 3.15. The number of anilines is 1. The normalized spacial score (nSPS) is 17.2. The number of benzene rings is 1. The monoisotopic (exact) mass is 274 g/mol. The molecule has 1 aromatic rings. The van der Waals surface area contributed by atoms with E-state index in [9.17, 15) is 0 Å². The molecule has 0 fully saturated rings. The van der Waals surface area contributed by atoms with Gasteiger partial charge in [0, 0.05) is 30.4 Å². The zero-order chi connectivity index (χ0) is 14.8. The number of hydrogen-bond donors (Lipinski definition) is 1. The summed E-state index contributed by atoms with van der Waals surface area (Å²) in [7, 11) is 0. The highest BCUT2D eigenvalue weighted by Gasteiger charge is 2.27. The van der Waals surface area contributed by atoms with Crippen LogP contribution in [0.15, 0.2) is 24.3 Å². The van der Waals surface area contributed by atoms with Crippen LogP contribution in [0.4, 0.5) is 5.69 Å². The lowest BCUT2D eigenvalue weighted by molar-refractivity contribution is 0.354. The Kier molecular flexibility index (Phi) is 4.74. The van der Waals surface area contributed by atoms with Gasteiger partial charge in [-0.1, -0.05) is 32.0 Å². The van der Waals surface area contributed by atoms with Gasteiger partial charge in [-0.3, -0.25) is 0 Å². The number of hydrogen-bond acceptors (Lipinski definition) is 2. The molecule has 0 saturated heterocycles. The lowest BCUT2D eigenvalue weighted by Crippen LogP contribution is -2.51. The number of para-hydroxylation sites is 1. The molecule has 0 aliphatic carbocycles. The third kappa shape index (κ3) is 3.76. The van der Waals surface area contributed by atoms with E-state index in [0.717, 1.165) is 6.54 Å². The van der Waals surface area contributed by atoms with Gasteiger partial charge in [-0.05, 0) is 51.2 Å². The van der Waals surface area contributed by atoms with Gasteiger partial charge in [0.2, 0.25) is 0 Å². The smallest absolute Gasteiger partial charge is 0.0437 e. The van der Waals surface area contributed by atoms with Gasteiger partial charge in [0.15, 0.2) is 0 Å². The van der Waals surface area contributed by atoms with Crippen molar-refractivity contribution in [1.29, 1.82) is 0 Å². The zero-order valence-corrected chi connectivity index (χ0v) is 13.7. The highest BCUT2D eigenvalue weighted by atomic mass is 15.2. The molecule has 20 heavy (non-hydrogen) atoms.